The summed E-state index contributed by atoms with van der Waals surface area (Å²) in [6.07, 6.45) is 2.61. The molecule has 5 rings (SSSR count). The summed E-state index contributed by atoms with van der Waals surface area (Å²) in [5, 5.41) is 6.24. The number of nitrogens with one attached hydrogen (secondary N) is 2. The van der Waals surface area contributed by atoms with E-state index in [0.29, 0.717) is 24.5 Å². The van der Waals surface area contributed by atoms with Crippen molar-refractivity contribution in [3.8, 4) is 17.2 Å². The first-order chi connectivity index (χ1) is 18.5. The number of fused-ring (bicyclic) bond motifs is 1. The molecule has 2 heterocycles. The molecule has 38 heavy (non-hydrogen) atoms. The fourth-order valence-electron chi connectivity index (χ4n) is 4.25. The summed E-state index contributed by atoms with van der Waals surface area (Å²) in [4.78, 5) is 17.1. The average Bonchev–Trinajstić information content (AvgIpc) is 3.36. The lowest BCUT2D eigenvalue weighted by atomic mass is 10.1. The second kappa shape index (κ2) is 12.0. The van der Waals surface area contributed by atoms with Gasteiger partial charge in [-0.15, -0.1) is 0 Å². The largest absolute Gasteiger partial charge is 0.489 e. The lowest BCUT2D eigenvalue weighted by molar-refractivity contribution is -0.0498. The Kier molecular flexibility index (Phi) is 8.10. The molecule has 8 nitrogen and oxygen atoms in total. The number of carbonyl (C=O) groups excluding carboxylic acids is 1. The van der Waals surface area contributed by atoms with Gasteiger partial charge in [0.05, 0.1) is 23.7 Å². The van der Waals surface area contributed by atoms with Gasteiger partial charge in [0.2, 0.25) is 0 Å². The summed E-state index contributed by atoms with van der Waals surface area (Å²) in [7, 11) is 0. The van der Waals surface area contributed by atoms with Gasteiger partial charge in [0.15, 0.2) is 0 Å². The van der Waals surface area contributed by atoms with Crippen molar-refractivity contribution in [2.45, 2.75) is 25.7 Å². The third kappa shape index (κ3) is 6.45. The Bertz CT molecular complexity index is 1350. The first-order valence-corrected chi connectivity index (χ1v) is 12.4. The number of aromatic nitrogens is 2. The minimum absolute atomic E-state index is 0.107. The molecule has 1 unspecified atom stereocenters. The van der Waals surface area contributed by atoms with Gasteiger partial charge in [-0.25, -0.2) is 4.98 Å². The number of ether oxygens (including phenoxy) is 3. The van der Waals surface area contributed by atoms with Crippen LogP contribution in [0.5, 0.6) is 11.5 Å². The predicted molar refractivity (Wildman–Crippen MR) is 138 cm³/mol. The zero-order valence-electron chi connectivity index (χ0n) is 20.6. The summed E-state index contributed by atoms with van der Waals surface area (Å²) in [6.45, 7) is 0.364. The van der Waals surface area contributed by atoms with E-state index in [1.807, 2.05) is 34.9 Å². The van der Waals surface area contributed by atoms with Crippen LogP contribution < -0.4 is 20.1 Å². The van der Waals surface area contributed by atoms with Crippen molar-refractivity contribution in [1.82, 2.24) is 20.2 Å². The third-order valence-corrected chi connectivity index (χ3v) is 6.23. The van der Waals surface area contributed by atoms with E-state index in [4.69, 9.17) is 9.47 Å². The second-order valence-corrected chi connectivity index (χ2v) is 8.86. The number of carbonyl (C=O) groups is 1. The van der Waals surface area contributed by atoms with E-state index < -0.39 is 6.61 Å². The summed E-state index contributed by atoms with van der Waals surface area (Å²) in [5.41, 5.74) is 3.88. The molecule has 0 bridgehead atoms. The summed E-state index contributed by atoms with van der Waals surface area (Å²) >= 11 is 0. The zero-order chi connectivity index (χ0) is 26.3. The van der Waals surface area contributed by atoms with E-state index in [1.54, 1.807) is 30.6 Å². The highest BCUT2D eigenvalue weighted by Gasteiger charge is 2.15. The highest BCUT2D eigenvalue weighted by atomic mass is 19.3. The van der Waals surface area contributed by atoms with E-state index in [1.165, 1.54) is 12.1 Å². The third-order valence-electron chi connectivity index (χ3n) is 6.23. The van der Waals surface area contributed by atoms with Gasteiger partial charge in [0.25, 0.3) is 5.91 Å². The standard InChI is InChI=1S/C28H28F2N4O4/c29-28(30)38-23-6-1-19(2-7-23)17-37-22-8-4-21(5-9-22)34-18-33-25-15-20(3-10-26(25)34)27(35)32-12-11-24-16-31-13-14-36-24/h1-10,15,18,24,28,31H,11-14,16-17H2,(H,32,35). The zero-order valence-corrected chi connectivity index (χ0v) is 20.6. The fraction of sp³-hybridized carbons (Fsp3) is 0.286. The molecule has 198 valence electrons. The van der Waals surface area contributed by atoms with E-state index >= 15 is 0 Å². The Morgan fingerprint density at radius 2 is 1.89 bits per heavy atom. The molecule has 0 aliphatic carbocycles. The van der Waals surface area contributed by atoms with Crippen LogP contribution in [0.25, 0.3) is 16.7 Å². The van der Waals surface area contributed by atoms with Crippen LogP contribution in [0.15, 0.2) is 73.1 Å². The molecule has 2 N–H and O–H groups in total. The van der Waals surface area contributed by atoms with Crippen molar-refractivity contribution in [3.05, 3.63) is 84.2 Å². The highest BCUT2D eigenvalue weighted by Crippen LogP contribution is 2.23. The first-order valence-electron chi connectivity index (χ1n) is 12.4. The molecule has 0 saturated carbocycles. The maximum atomic E-state index is 12.6. The monoisotopic (exact) mass is 522 g/mol. The van der Waals surface area contributed by atoms with Gasteiger partial charge in [0.1, 0.15) is 24.4 Å². The maximum Gasteiger partial charge on any atom is 0.387 e. The van der Waals surface area contributed by atoms with Gasteiger partial charge in [-0.3, -0.25) is 9.36 Å². The molecule has 1 fully saturated rings. The normalized spacial score (nSPS) is 15.5. The molecule has 1 aliphatic rings. The Balaban J connectivity index is 1.17. The maximum absolute atomic E-state index is 12.6. The Morgan fingerprint density at radius 1 is 1.11 bits per heavy atom. The molecule has 1 aromatic heterocycles. The highest BCUT2D eigenvalue weighted by molar-refractivity contribution is 5.97. The number of alkyl halides is 2. The van der Waals surface area contributed by atoms with E-state index in [2.05, 4.69) is 20.4 Å². The molecule has 4 aromatic rings. The van der Waals surface area contributed by atoms with Crippen molar-refractivity contribution in [1.29, 1.82) is 0 Å². The Hall–Kier alpha value is -4.02. The molecule has 1 atom stereocenters. The van der Waals surface area contributed by atoms with Crippen molar-refractivity contribution in [3.63, 3.8) is 0 Å². The van der Waals surface area contributed by atoms with Gasteiger partial charge < -0.3 is 24.8 Å². The number of morpholine rings is 1. The van der Waals surface area contributed by atoms with Crippen LogP contribution in [-0.2, 0) is 11.3 Å². The number of halogens is 2. The quantitative estimate of drug-likeness (QED) is 0.323. The summed E-state index contributed by atoms with van der Waals surface area (Å²) in [5.74, 6) is 0.637. The molecule has 0 spiro atoms. The van der Waals surface area contributed by atoms with Crippen LogP contribution in [0.3, 0.4) is 0 Å². The van der Waals surface area contributed by atoms with Crippen LogP contribution in [0, 0.1) is 0 Å². The minimum atomic E-state index is -2.85. The number of imidazole rings is 1. The van der Waals surface area contributed by atoms with Crippen molar-refractivity contribution < 1.29 is 27.8 Å². The van der Waals surface area contributed by atoms with Crippen LogP contribution in [0.2, 0.25) is 0 Å². The number of rotatable bonds is 10. The van der Waals surface area contributed by atoms with Gasteiger partial charge in [-0.05, 0) is 66.6 Å². The Morgan fingerprint density at radius 3 is 2.63 bits per heavy atom. The van der Waals surface area contributed by atoms with E-state index in [-0.39, 0.29) is 24.4 Å². The second-order valence-electron chi connectivity index (χ2n) is 8.86. The average molecular weight is 523 g/mol. The van der Waals surface area contributed by atoms with E-state index in [0.717, 1.165) is 41.8 Å². The predicted octanol–water partition coefficient (Wildman–Crippen LogP) is 4.31. The number of amides is 1. The van der Waals surface area contributed by atoms with Gasteiger partial charge in [-0.1, -0.05) is 12.1 Å². The molecule has 1 saturated heterocycles. The summed E-state index contributed by atoms with van der Waals surface area (Å²) in [6, 6.07) is 19.3. The van der Waals surface area contributed by atoms with Gasteiger partial charge in [-0.2, -0.15) is 8.78 Å². The molecule has 3 aromatic carbocycles. The number of benzene rings is 3. The molecule has 10 heteroatoms. The smallest absolute Gasteiger partial charge is 0.387 e. The van der Waals surface area contributed by atoms with Crippen molar-refractivity contribution >= 4 is 16.9 Å². The van der Waals surface area contributed by atoms with Crippen LogP contribution in [-0.4, -0.2) is 54.4 Å². The van der Waals surface area contributed by atoms with Gasteiger partial charge in [0, 0.05) is 30.9 Å². The minimum Gasteiger partial charge on any atom is -0.489 e. The topological polar surface area (TPSA) is 86.6 Å². The summed E-state index contributed by atoms with van der Waals surface area (Å²) < 4.78 is 42.3. The SMILES string of the molecule is O=C(NCCC1CNCCO1)c1ccc2c(c1)ncn2-c1ccc(OCc2ccc(OC(F)F)cc2)cc1. The number of nitrogens with zero attached hydrogens (tertiary/aromatic N) is 2. The van der Waals surface area contributed by atoms with Crippen molar-refractivity contribution in [2.24, 2.45) is 0 Å². The molecule has 0 radical (unpaired) electrons. The number of hydrogen-bond acceptors (Lipinski definition) is 6. The molecule has 1 aliphatic heterocycles. The van der Waals surface area contributed by atoms with Crippen molar-refractivity contribution in [2.75, 3.05) is 26.2 Å². The molecule has 1 amide bonds. The lowest BCUT2D eigenvalue weighted by Gasteiger charge is -2.23. The Labute approximate surface area is 218 Å². The van der Waals surface area contributed by atoms with Gasteiger partial charge >= 0.3 is 6.61 Å². The molecular formula is C28H28F2N4O4. The number of hydrogen-bond donors (Lipinski definition) is 2. The first kappa shape index (κ1) is 25.6. The lowest BCUT2D eigenvalue weighted by Crippen LogP contribution is -2.40. The van der Waals surface area contributed by atoms with E-state index in [9.17, 15) is 13.6 Å². The van der Waals surface area contributed by atoms with Crippen LogP contribution in [0.4, 0.5) is 8.78 Å². The van der Waals surface area contributed by atoms with Crippen LogP contribution in [0.1, 0.15) is 22.3 Å². The fourth-order valence-corrected chi connectivity index (χ4v) is 4.25. The molecular weight excluding hydrogens is 494 g/mol. The van der Waals surface area contributed by atoms with Crippen LogP contribution >= 0.6 is 0 Å².